The van der Waals surface area contributed by atoms with Crippen molar-refractivity contribution in [2.75, 3.05) is 0 Å². The van der Waals surface area contributed by atoms with E-state index in [9.17, 15) is 4.39 Å². The molecule has 0 spiro atoms. The number of aryl methyl sites for hydroxylation is 1. The van der Waals surface area contributed by atoms with E-state index in [0.717, 1.165) is 18.4 Å². The van der Waals surface area contributed by atoms with Crippen molar-refractivity contribution >= 4 is 23.1 Å². The van der Waals surface area contributed by atoms with Gasteiger partial charge in [0.1, 0.15) is 5.69 Å². The van der Waals surface area contributed by atoms with Gasteiger partial charge in [0, 0.05) is 11.1 Å². The molecule has 2 rings (SSSR count). The number of hydrogen-bond donors (Lipinski definition) is 0. The number of halogens is 1. The van der Waals surface area contributed by atoms with Crippen molar-refractivity contribution in [3.05, 3.63) is 65.0 Å². The molecule has 0 aliphatic rings. The zero-order valence-electron chi connectivity index (χ0n) is 11.7. The monoisotopic (exact) mass is 295 g/mol. The van der Waals surface area contributed by atoms with Gasteiger partial charge < -0.3 is 0 Å². The normalized spacial score (nSPS) is 9.43. The minimum Gasteiger partial charge on any atom is -0.205 e. The fourth-order valence-electron chi connectivity index (χ4n) is 1.91. The van der Waals surface area contributed by atoms with Crippen molar-refractivity contribution in [3.63, 3.8) is 0 Å². The Labute approximate surface area is 129 Å². The van der Waals surface area contributed by atoms with Gasteiger partial charge in [-0.3, -0.25) is 0 Å². The van der Waals surface area contributed by atoms with Gasteiger partial charge in [0.05, 0.1) is 5.16 Å². The van der Waals surface area contributed by atoms with Crippen LogP contribution in [0.15, 0.2) is 47.5 Å². The van der Waals surface area contributed by atoms with E-state index in [1.807, 2.05) is 12.1 Å². The van der Waals surface area contributed by atoms with Crippen molar-refractivity contribution < 1.29 is 4.39 Å². The summed E-state index contributed by atoms with van der Waals surface area (Å²) >= 11 is 4.46. The molecule has 0 bridgehead atoms. The van der Waals surface area contributed by atoms with E-state index in [-0.39, 0.29) is 5.69 Å². The quantitative estimate of drug-likeness (QED) is 0.445. The lowest BCUT2D eigenvalue weighted by molar-refractivity contribution is 0.629. The smallest absolute Gasteiger partial charge is 0.150 e. The van der Waals surface area contributed by atoms with Crippen molar-refractivity contribution in [1.82, 2.24) is 0 Å². The molecule has 2 aromatic rings. The van der Waals surface area contributed by atoms with Gasteiger partial charge in [-0.05, 0) is 54.5 Å². The Bertz CT molecular complexity index is 732. The molecular formula is C18H14FNS. The van der Waals surface area contributed by atoms with Gasteiger partial charge in [0.25, 0.3) is 0 Å². The molecule has 0 N–H and O–H groups in total. The lowest BCUT2D eigenvalue weighted by atomic mass is 10.1. The number of thiocarbonyl (C=S) groups is 1. The van der Waals surface area contributed by atoms with Crippen LogP contribution >= 0.6 is 12.2 Å². The van der Waals surface area contributed by atoms with Crippen LogP contribution in [0.4, 0.5) is 10.1 Å². The Morgan fingerprint density at radius 2 is 1.71 bits per heavy atom. The molecule has 0 aliphatic carbocycles. The van der Waals surface area contributed by atoms with Gasteiger partial charge in [-0.2, -0.15) is 4.99 Å². The highest BCUT2D eigenvalue weighted by Gasteiger charge is 2.00. The van der Waals surface area contributed by atoms with E-state index in [1.165, 1.54) is 11.6 Å². The number of isothiocyanates is 1. The molecule has 21 heavy (non-hydrogen) atoms. The summed E-state index contributed by atoms with van der Waals surface area (Å²) in [7, 11) is 0. The number of nitrogens with zero attached hydrogens (tertiary/aromatic N) is 1. The molecule has 0 heterocycles. The van der Waals surface area contributed by atoms with E-state index in [4.69, 9.17) is 0 Å². The summed E-state index contributed by atoms with van der Waals surface area (Å²) in [6.45, 7) is 2.15. The number of aliphatic imine (C=N–C) groups is 1. The van der Waals surface area contributed by atoms with Gasteiger partial charge in [-0.15, -0.1) is 0 Å². The molecular weight excluding hydrogens is 281 g/mol. The van der Waals surface area contributed by atoms with E-state index in [2.05, 4.69) is 53.3 Å². The summed E-state index contributed by atoms with van der Waals surface area (Å²) in [6.07, 6.45) is 2.20. The van der Waals surface area contributed by atoms with Crippen LogP contribution in [0, 0.1) is 17.7 Å². The van der Waals surface area contributed by atoms with E-state index < -0.39 is 5.82 Å². The Kier molecular flexibility index (Phi) is 5.40. The third-order valence-electron chi connectivity index (χ3n) is 2.96. The maximum Gasteiger partial charge on any atom is 0.150 e. The molecule has 0 atom stereocenters. The first-order valence-electron chi connectivity index (χ1n) is 6.71. The highest BCUT2D eigenvalue weighted by Crippen LogP contribution is 2.18. The van der Waals surface area contributed by atoms with Crippen molar-refractivity contribution in [2.45, 2.75) is 19.8 Å². The van der Waals surface area contributed by atoms with Crippen LogP contribution in [0.5, 0.6) is 0 Å². The molecule has 0 unspecified atom stereocenters. The summed E-state index contributed by atoms with van der Waals surface area (Å²) in [6, 6.07) is 12.7. The fourth-order valence-corrected chi connectivity index (χ4v) is 2.01. The number of benzene rings is 2. The molecule has 0 aromatic heterocycles. The highest BCUT2D eigenvalue weighted by atomic mass is 32.1. The minimum absolute atomic E-state index is 0.180. The second kappa shape index (κ2) is 7.50. The Hall–Kier alpha value is -2.27. The van der Waals surface area contributed by atoms with Crippen LogP contribution in [-0.4, -0.2) is 5.16 Å². The van der Waals surface area contributed by atoms with E-state index in [1.54, 1.807) is 12.1 Å². The standard InChI is InChI=1S/C18H14FNS/c1-2-3-14-4-6-15(7-5-14)8-9-16-10-11-18(20-13-21)17(19)12-16/h4-7,10-12H,2-3H2,1H3. The van der Waals surface area contributed by atoms with Crippen LogP contribution in [0.2, 0.25) is 0 Å². The molecule has 0 fully saturated rings. The molecule has 0 saturated carbocycles. The lowest BCUT2D eigenvalue weighted by Crippen LogP contribution is -1.83. The first-order chi connectivity index (χ1) is 10.2. The van der Waals surface area contributed by atoms with Crippen molar-refractivity contribution in [2.24, 2.45) is 4.99 Å². The summed E-state index contributed by atoms with van der Waals surface area (Å²) in [5.41, 5.74) is 3.00. The first kappa shape index (κ1) is 15.1. The van der Waals surface area contributed by atoms with Gasteiger partial charge >= 0.3 is 0 Å². The van der Waals surface area contributed by atoms with Crippen LogP contribution in [0.3, 0.4) is 0 Å². The highest BCUT2D eigenvalue weighted by molar-refractivity contribution is 7.78. The zero-order chi connectivity index (χ0) is 15.1. The predicted molar refractivity (Wildman–Crippen MR) is 87.5 cm³/mol. The summed E-state index contributed by atoms with van der Waals surface area (Å²) in [5.74, 6) is 5.52. The Morgan fingerprint density at radius 3 is 2.33 bits per heavy atom. The van der Waals surface area contributed by atoms with Crippen LogP contribution in [0.1, 0.15) is 30.0 Å². The number of rotatable bonds is 3. The Morgan fingerprint density at radius 1 is 1.05 bits per heavy atom. The second-order valence-electron chi connectivity index (χ2n) is 4.57. The maximum absolute atomic E-state index is 13.7. The third kappa shape index (κ3) is 4.36. The van der Waals surface area contributed by atoms with Gasteiger partial charge in [0.15, 0.2) is 5.82 Å². The molecule has 0 radical (unpaired) electrons. The second-order valence-corrected chi connectivity index (χ2v) is 4.75. The molecule has 1 nitrogen and oxygen atoms in total. The number of hydrogen-bond acceptors (Lipinski definition) is 2. The SMILES string of the molecule is CCCc1ccc(C#Cc2ccc(N=C=S)c(F)c2)cc1. The zero-order valence-corrected chi connectivity index (χ0v) is 12.5. The summed E-state index contributed by atoms with van der Waals surface area (Å²) < 4.78 is 13.7. The maximum atomic E-state index is 13.7. The average molecular weight is 295 g/mol. The molecule has 0 saturated heterocycles. The molecule has 0 aliphatic heterocycles. The van der Waals surface area contributed by atoms with E-state index in [0.29, 0.717) is 5.56 Å². The minimum atomic E-state index is -0.447. The molecule has 2 aromatic carbocycles. The van der Waals surface area contributed by atoms with Crippen molar-refractivity contribution in [1.29, 1.82) is 0 Å². The van der Waals surface area contributed by atoms with Gasteiger partial charge in [-0.1, -0.05) is 37.3 Å². The molecule has 0 amide bonds. The summed E-state index contributed by atoms with van der Waals surface area (Å²) in [5, 5.41) is 2.15. The lowest BCUT2D eigenvalue weighted by Gasteiger charge is -1.98. The predicted octanol–water partition coefficient (Wildman–Crippen LogP) is 4.91. The Balaban J connectivity index is 2.18. The fraction of sp³-hybridized carbons (Fsp3) is 0.167. The average Bonchev–Trinajstić information content (AvgIpc) is 2.49. The molecule has 3 heteroatoms. The summed E-state index contributed by atoms with van der Waals surface area (Å²) in [4.78, 5) is 3.63. The third-order valence-corrected chi connectivity index (χ3v) is 3.05. The first-order valence-corrected chi connectivity index (χ1v) is 7.12. The van der Waals surface area contributed by atoms with Crippen molar-refractivity contribution in [3.8, 4) is 11.8 Å². The van der Waals surface area contributed by atoms with E-state index >= 15 is 0 Å². The van der Waals surface area contributed by atoms with Crippen LogP contribution in [-0.2, 0) is 6.42 Å². The van der Waals surface area contributed by atoms with Crippen LogP contribution in [0.25, 0.3) is 0 Å². The van der Waals surface area contributed by atoms with Gasteiger partial charge in [0.2, 0.25) is 0 Å². The van der Waals surface area contributed by atoms with Crippen LogP contribution < -0.4 is 0 Å². The largest absolute Gasteiger partial charge is 0.205 e. The molecule has 104 valence electrons. The van der Waals surface area contributed by atoms with Gasteiger partial charge in [-0.25, -0.2) is 4.39 Å². The topological polar surface area (TPSA) is 12.4 Å².